The summed E-state index contributed by atoms with van der Waals surface area (Å²) in [7, 11) is 0. The highest BCUT2D eigenvalue weighted by Gasteiger charge is 2.19. The van der Waals surface area contributed by atoms with Crippen molar-refractivity contribution >= 4 is 28.3 Å². The van der Waals surface area contributed by atoms with E-state index in [-0.39, 0.29) is 6.04 Å². The van der Waals surface area contributed by atoms with E-state index in [1.165, 1.54) is 0 Å². The molecule has 0 saturated heterocycles. The number of nitrogens with two attached hydrogens (primary N) is 1. The van der Waals surface area contributed by atoms with Crippen molar-refractivity contribution in [1.29, 1.82) is 0 Å². The molecule has 110 valence electrons. The Bertz CT molecular complexity index is 777. The van der Waals surface area contributed by atoms with E-state index in [0.717, 1.165) is 27.5 Å². The van der Waals surface area contributed by atoms with Gasteiger partial charge in [0.05, 0.1) is 18.2 Å². The predicted molar refractivity (Wildman–Crippen MR) is 86.0 cm³/mol. The van der Waals surface area contributed by atoms with Gasteiger partial charge in [-0.1, -0.05) is 6.07 Å². The minimum atomic E-state index is 0.0468. The minimum absolute atomic E-state index is 0.0468. The fourth-order valence-electron chi connectivity index (χ4n) is 2.46. The number of benzene rings is 1. The third-order valence-corrected chi connectivity index (χ3v) is 4.52. The summed E-state index contributed by atoms with van der Waals surface area (Å²) in [4.78, 5) is 9.03. The van der Waals surface area contributed by atoms with Gasteiger partial charge in [0.2, 0.25) is 5.95 Å². The summed E-state index contributed by atoms with van der Waals surface area (Å²) in [5.41, 5.74) is 8.94. The molecule has 5 nitrogen and oxygen atoms in total. The van der Waals surface area contributed by atoms with Crippen LogP contribution in [0.5, 0.6) is 5.75 Å². The zero-order valence-corrected chi connectivity index (χ0v) is 13.1. The van der Waals surface area contributed by atoms with Gasteiger partial charge < -0.3 is 15.0 Å². The second-order valence-corrected chi connectivity index (χ2v) is 5.79. The number of rotatable bonds is 4. The van der Waals surface area contributed by atoms with Crippen molar-refractivity contribution in [1.82, 2.24) is 14.5 Å². The molecular formula is C15H18N4OS. The lowest BCUT2D eigenvalue weighted by molar-refractivity contribution is 0.343. The molecule has 0 bridgehead atoms. The summed E-state index contributed by atoms with van der Waals surface area (Å²) in [6.07, 6.45) is 0. The van der Waals surface area contributed by atoms with Crippen LogP contribution in [0.25, 0.3) is 11.0 Å². The smallest absolute Gasteiger partial charge is 0.202 e. The summed E-state index contributed by atoms with van der Waals surface area (Å²) in [5.74, 6) is 1.25. The van der Waals surface area contributed by atoms with Gasteiger partial charge in [0.1, 0.15) is 16.3 Å². The first-order valence-corrected chi connectivity index (χ1v) is 7.81. The average Bonchev–Trinajstić information content (AvgIpc) is 3.02. The largest absolute Gasteiger partial charge is 0.492 e. The van der Waals surface area contributed by atoms with E-state index < -0.39 is 0 Å². The van der Waals surface area contributed by atoms with Crippen molar-refractivity contribution in [3.05, 3.63) is 34.3 Å². The van der Waals surface area contributed by atoms with Crippen LogP contribution in [0.2, 0.25) is 0 Å². The van der Waals surface area contributed by atoms with E-state index in [2.05, 4.69) is 16.9 Å². The average molecular weight is 302 g/mol. The molecule has 0 fully saturated rings. The van der Waals surface area contributed by atoms with Crippen LogP contribution in [0.15, 0.2) is 23.6 Å². The van der Waals surface area contributed by atoms with Gasteiger partial charge in [-0.3, -0.25) is 0 Å². The Morgan fingerprint density at radius 1 is 1.38 bits per heavy atom. The van der Waals surface area contributed by atoms with Crippen LogP contribution in [0.3, 0.4) is 0 Å². The first kappa shape index (κ1) is 13.9. The fraction of sp³-hybridized carbons (Fsp3) is 0.333. The molecule has 0 spiro atoms. The summed E-state index contributed by atoms with van der Waals surface area (Å²) < 4.78 is 7.64. The number of hydrogen-bond acceptors (Lipinski definition) is 5. The Morgan fingerprint density at radius 3 is 2.86 bits per heavy atom. The summed E-state index contributed by atoms with van der Waals surface area (Å²) in [6, 6.07) is 5.94. The zero-order valence-electron chi connectivity index (χ0n) is 12.3. The predicted octanol–water partition coefficient (Wildman–Crippen LogP) is 3.39. The number of ether oxygens (including phenoxy) is 1. The van der Waals surface area contributed by atoms with Gasteiger partial charge in [-0.25, -0.2) is 9.97 Å². The van der Waals surface area contributed by atoms with Crippen molar-refractivity contribution in [2.24, 2.45) is 0 Å². The number of aryl methyl sites for hydroxylation is 1. The highest BCUT2D eigenvalue weighted by Crippen LogP contribution is 2.32. The minimum Gasteiger partial charge on any atom is -0.492 e. The highest BCUT2D eigenvalue weighted by molar-refractivity contribution is 7.09. The maximum Gasteiger partial charge on any atom is 0.202 e. The lowest BCUT2D eigenvalue weighted by Gasteiger charge is -2.13. The van der Waals surface area contributed by atoms with Gasteiger partial charge in [0, 0.05) is 11.1 Å². The fourth-order valence-corrected chi connectivity index (χ4v) is 3.31. The first-order chi connectivity index (χ1) is 10.1. The number of aromatic nitrogens is 3. The standard InChI is InChI=1S/C15H18N4OS/c1-4-20-12-7-5-6-11-13(12)18-15(16)19(11)10(3)14-17-9(2)8-21-14/h5-8,10H,4H2,1-3H3,(H2,16,18). The van der Waals surface area contributed by atoms with Gasteiger partial charge >= 0.3 is 0 Å². The van der Waals surface area contributed by atoms with Crippen molar-refractivity contribution < 1.29 is 4.74 Å². The van der Waals surface area contributed by atoms with Crippen LogP contribution in [-0.4, -0.2) is 21.1 Å². The maximum atomic E-state index is 6.14. The molecule has 1 unspecified atom stereocenters. The van der Waals surface area contributed by atoms with E-state index in [9.17, 15) is 0 Å². The first-order valence-electron chi connectivity index (χ1n) is 6.93. The van der Waals surface area contributed by atoms with Crippen molar-refractivity contribution in [2.75, 3.05) is 12.3 Å². The molecule has 3 aromatic rings. The van der Waals surface area contributed by atoms with Gasteiger partial charge in [-0.15, -0.1) is 11.3 Å². The van der Waals surface area contributed by atoms with E-state index >= 15 is 0 Å². The highest BCUT2D eigenvalue weighted by atomic mass is 32.1. The number of fused-ring (bicyclic) bond motifs is 1. The number of hydrogen-bond donors (Lipinski definition) is 1. The molecule has 2 aromatic heterocycles. The Kier molecular flexibility index (Phi) is 3.55. The number of thiazole rings is 1. The quantitative estimate of drug-likeness (QED) is 0.802. The van der Waals surface area contributed by atoms with Crippen LogP contribution >= 0.6 is 11.3 Å². The molecule has 0 aliphatic heterocycles. The van der Waals surface area contributed by atoms with Crippen molar-refractivity contribution in [3.8, 4) is 5.75 Å². The number of anilines is 1. The summed E-state index contributed by atoms with van der Waals surface area (Å²) in [5, 5.41) is 3.08. The van der Waals surface area contributed by atoms with Crippen LogP contribution in [0.4, 0.5) is 5.95 Å². The molecule has 2 heterocycles. The molecular weight excluding hydrogens is 284 g/mol. The van der Waals surface area contributed by atoms with E-state index in [1.54, 1.807) is 11.3 Å². The molecule has 21 heavy (non-hydrogen) atoms. The zero-order chi connectivity index (χ0) is 15.0. The SMILES string of the molecule is CCOc1cccc2c1nc(N)n2C(C)c1nc(C)cs1. The maximum absolute atomic E-state index is 6.14. The monoisotopic (exact) mass is 302 g/mol. The Balaban J connectivity index is 2.14. The molecule has 1 aromatic carbocycles. The number of imidazole rings is 1. The molecule has 0 aliphatic carbocycles. The normalized spacial score (nSPS) is 12.7. The van der Waals surface area contributed by atoms with Crippen LogP contribution < -0.4 is 10.5 Å². The molecule has 1 atom stereocenters. The molecule has 0 aliphatic rings. The Labute approximate surface area is 127 Å². The van der Waals surface area contributed by atoms with Gasteiger partial charge in [-0.2, -0.15) is 0 Å². The second-order valence-electron chi connectivity index (χ2n) is 4.90. The van der Waals surface area contributed by atoms with E-state index in [4.69, 9.17) is 10.5 Å². The molecule has 0 radical (unpaired) electrons. The van der Waals surface area contributed by atoms with E-state index in [0.29, 0.717) is 12.6 Å². The van der Waals surface area contributed by atoms with Crippen molar-refractivity contribution in [2.45, 2.75) is 26.8 Å². The number of para-hydroxylation sites is 1. The van der Waals surface area contributed by atoms with E-state index in [1.807, 2.05) is 42.0 Å². The second kappa shape index (κ2) is 5.37. The van der Waals surface area contributed by atoms with Gasteiger partial charge in [-0.05, 0) is 32.9 Å². The molecule has 6 heteroatoms. The lowest BCUT2D eigenvalue weighted by Crippen LogP contribution is -2.10. The van der Waals surface area contributed by atoms with Gasteiger partial charge in [0.25, 0.3) is 0 Å². The van der Waals surface area contributed by atoms with Crippen LogP contribution in [-0.2, 0) is 0 Å². The summed E-state index contributed by atoms with van der Waals surface area (Å²) in [6.45, 7) is 6.64. The number of nitrogens with zero attached hydrogens (tertiary/aromatic N) is 3. The molecule has 3 rings (SSSR count). The third kappa shape index (κ3) is 2.35. The molecule has 0 amide bonds. The lowest BCUT2D eigenvalue weighted by atomic mass is 10.2. The number of nitrogen functional groups attached to an aromatic ring is 1. The van der Waals surface area contributed by atoms with Gasteiger partial charge in [0.15, 0.2) is 0 Å². The molecule has 2 N–H and O–H groups in total. The van der Waals surface area contributed by atoms with Crippen LogP contribution in [0, 0.1) is 6.92 Å². The Hall–Kier alpha value is -2.08. The Morgan fingerprint density at radius 2 is 2.19 bits per heavy atom. The van der Waals surface area contributed by atoms with Crippen molar-refractivity contribution in [3.63, 3.8) is 0 Å². The van der Waals surface area contributed by atoms with Crippen LogP contribution in [0.1, 0.15) is 30.6 Å². The summed E-state index contributed by atoms with van der Waals surface area (Å²) >= 11 is 1.64. The third-order valence-electron chi connectivity index (χ3n) is 3.39. The topological polar surface area (TPSA) is 66.0 Å². The molecule has 0 saturated carbocycles.